The molecule has 0 radical (unpaired) electrons. The first kappa shape index (κ1) is 13.3. The van der Waals surface area contributed by atoms with Gasteiger partial charge >= 0.3 is 0 Å². The fraction of sp³-hybridized carbons (Fsp3) is 0.0714. The SMILES string of the molecule is COc1ccc2c(c1)=NC(=O)/C(=C/c1sc(N)nc1O)C=2. The monoisotopic (exact) mass is 301 g/mol. The molecule has 21 heavy (non-hydrogen) atoms. The molecule has 3 N–H and O–H groups in total. The summed E-state index contributed by atoms with van der Waals surface area (Å²) < 4.78 is 5.10. The number of ether oxygens (including phenoxy) is 1. The minimum absolute atomic E-state index is 0.188. The summed E-state index contributed by atoms with van der Waals surface area (Å²) >= 11 is 1.10. The molecule has 1 aliphatic rings. The average molecular weight is 301 g/mol. The number of aromatic nitrogens is 1. The van der Waals surface area contributed by atoms with E-state index in [4.69, 9.17) is 10.5 Å². The predicted octanol–water partition coefficient (Wildman–Crippen LogP) is 0.463. The van der Waals surface area contributed by atoms with Gasteiger partial charge in [0.25, 0.3) is 5.91 Å². The molecule has 1 aromatic heterocycles. The third kappa shape index (κ3) is 2.50. The molecule has 6 nitrogen and oxygen atoms in total. The van der Waals surface area contributed by atoms with E-state index in [9.17, 15) is 9.90 Å². The maximum Gasteiger partial charge on any atom is 0.277 e. The summed E-state index contributed by atoms with van der Waals surface area (Å²) in [6, 6.07) is 5.31. The molecule has 0 atom stereocenters. The molecule has 2 aromatic rings. The van der Waals surface area contributed by atoms with E-state index in [-0.39, 0.29) is 16.9 Å². The number of amides is 1. The van der Waals surface area contributed by atoms with Gasteiger partial charge < -0.3 is 15.6 Å². The Kier molecular flexibility index (Phi) is 3.19. The van der Waals surface area contributed by atoms with Crippen molar-refractivity contribution in [2.75, 3.05) is 12.8 Å². The number of carbonyl (C=O) groups excluding carboxylic acids is 1. The summed E-state index contributed by atoms with van der Waals surface area (Å²) in [7, 11) is 1.55. The van der Waals surface area contributed by atoms with Gasteiger partial charge in [0, 0.05) is 16.9 Å². The number of anilines is 1. The zero-order valence-corrected chi connectivity index (χ0v) is 11.8. The zero-order valence-electron chi connectivity index (χ0n) is 11.0. The smallest absolute Gasteiger partial charge is 0.277 e. The standard InChI is InChI=1S/C14H11N3O3S/c1-20-9-3-2-7-4-8(12(18)16-10(7)6-9)5-11-13(19)17-14(15)21-11/h2-6,19H,1H3,(H2,15,17)/b8-5+. The van der Waals surface area contributed by atoms with E-state index in [0.717, 1.165) is 16.6 Å². The Morgan fingerprint density at radius 1 is 1.43 bits per heavy atom. The first-order valence-corrected chi connectivity index (χ1v) is 6.84. The number of thiazole rings is 1. The quantitative estimate of drug-likeness (QED) is 0.785. The second-order valence-electron chi connectivity index (χ2n) is 4.33. The topological polar surface area (TPSA) is 97.8 Å². The number of nitrogen functional groups attached to an aromatic ring is 1. The van der Waals surface area contributed by atoms with Crippen molar-refractivity contribution in [2.45, 2.75) is 0 Å². The van der Waals surface area contributed by atoms with E-state index >= 15 is 0 Å². The van der Waals surface area contributed by atoms with Gasteiger partial charge in [0.15, 0.2) is 5.13 Å². The van der Waals surface area contributed by atoms with Crippen LogP contribution >= 0.6 is 11.3 Å². The van der Waals surface area contributed by atoms with Crippen LogP contribution in [0.5, 0.6) is 11.6 Å². The first-order chi connectivity index (χ1) is 10.1. The van der Waals surface area contributed by atoms with Crippen LogP contribution in [0.3, 0.4) is 0 Å². The molecule has 1 aliphatic heterocycles. The lowest BCUT2D eigenvalue weighted by molar-refractivity contribution is -0.114. The van der Waals surface area contributed by atoms with E-state index in [0.29, 0.717) is 21.6 Å². The normalized spacial score (nSPS) is 15.3. The number of nitrogens with zero attached hydrogens (tertiary/aromatic N) is 2. The molecule has 2 heterocycles. The van der Waals surface area contributed by atoms with Crippen LogP contribution in [0.2, 0.25) is 0 Å². The number of methoxy groups -OCH3 is 1. The summed E-state index contributed by atoms with van der Waals surface area (Å²) in [4.78, 5) is 20.2. The Hall–Kier alpha value is -2.67. The second kappa shape index (κ2) is 5.02. The van der Waals surface area contributed by atoms with Crippen molar-refractivity contribution in [3.63, 3.8) is 0 Å². The van der Waals surface area contributed by atoms with Crippen LogP contribution in [0.15, 0.2) is 28.8 Å². The van der Waals surface area contributed by atoms with Crippen LogP contribution in [-0.4, -0.2) is 23.1 Å². The van der Waals surface area contributed by atoms with Gasteiger partial charge in [-0.3, -0.25) is 4.79 Å². The third-order valence-corrected chi connectivity index (χ3v) is 3.78. The van der Waals surface area contributed by atoms with Crippen LogP contribution in [0, 0.1) is 0 Å². The highest BCUT2D eigenvalue weighted by Crippen LogP contribution is 2.28. The molecule has 0 saturated heterocycles. The molecule has 3 rings (SSSR count). The highest BCUT2D eigenvalue weighted by molar-refractivity contribution is 7.16. The molecule has 0 bridgehead atoms. The maximum absolute atomic E-state index is 12.0. The Balaban J connectivity index is 2.12. The minimum Gasteiger partial charge on any atom is -0.497 e. The Bertz CT molecular complexity index is 883. The third-order valence-electron chi connectivity index (χ3n) is 2.96. The predicted molar refractivity (Wildman–Crippen MR) is 79.4 cm³/mol. The van der Waals surface area contributed by atoms with Crippen molar-refractivity contribution in [2.24, 2.45) is 4.99 Å². The van der Waals surface area contributed by atoms with Gasteiger partial charge in [-0.1, -0.05) is 11.3 Å². The fourth-order valence-electron chi connectivity index (χ4n) is 1.95. The van der Waals surface area contributed by atoms with Crippen LogP contribution < -0.4 is 21.0 Å². The van der Waals surface area contributed by atoms with Gasteiger partial charge in [-0.25, -0.2) is 4.99 Å². The van der Waals surface area contributed by atoms with Crippen LogP contribution in [0.25, 0.3) is 12.2 Å². The number of aromatic hydroxyl groups is 1. The van der Waals surface area contributed by atoms with Crippen molar-refractivity contribution in [1.29, 1.82) is 0 Å². The van der Waals surface area contributed by atoms with Gasteiger partial charge in [0.1, 0.15) is 5.75 Å². The van der Waals surface area contributed by atoms with Gasteiger partial charge in [0.05, 0.1) is 17.3 Å². The molecular formula is C14H11N3O3S. The Labute approximate surface area is 123 Å². The maximum atomic E-state index is 12.0. The van der Waals surface area contributed by atoms with Gasteiger partial charge in [-0.2, -0.15) is 4.98 Å². The molecule has 0 saturated carbocycles. The van der Waals surface area contributed by atoms with Crippen molar-refractivity contribution in [1.82, 2.24) is 4.98 Å². The molecule has 0 aliphatic carbocycles. The largest absolute Gasteiger partial charge is 0.497 e. The van der Waals surface area contributed by atoms with E-state index in [1.807, 2.05) is 6.07 Å². The molecule has 1 amide bonds. The highest BCUT2D eigenvalue weighted by atomic mass is 32.1. The first-order valence-electron chi connectivity index (χ1n) is 6.02. The van der Waals surface area contributed by atoms with E-state index < -0.39 is 0 Å². The van der Waals surface area contributed by atoms with Crippen molar-refractivity contribution in [3.8, 4) is 11.6 Å². The van der Waals surface area contributed by atoms with Crippen LogP contribution in [0.4, 0.5) is 5.13 Å². The lowest BCUT2D eigenvalue weighted by atomic mass is 10.1. The summed E-state index contributed by atoms with van der Waals surface area (Å²) in [6.07, 6.45) is 3.24. The number of fused-ring (bicyclic) bond motifs is 1. The molecule has 7 heteroatoms. The van der Waals surface area contributed by atoms with Gasteiger partial charge in [-0.15, -0.1) is 0 Å². The average Bonchev–Trinajstić information content (AvgIpc) is 2.77. The number of rotatable bonds is 2. The minimum atomic E-state index is -0.387. The Morgan fingerprint density at radius 3 is 2.90 bits per heavy atom. The van der Waals surface area contributed by atoms with Gasteiger partial charge in [-0.05, 0) is 24.3 Å². The van der Waals surface area contributed by atoms with Crippen molar-refractivity contribution in [3.05, 3.63) is 39.2 Å². The van der Waals surface area contributed by atoms with E-state index in [1.165, 1.54) is 6.08 Å². The molecule has 0 fully saturated rings. The zero-order chi connectivity index (χ0) is 15.0. The van der Waals surface area contributed by atoms with E-state index in [2.05, 4.69) is 9.98 Å². The number of benzene rings is 1. The van der Waals surface area contributed by atoms with Crippen LogP contribution in [0.1, 0.15) is 4.88 Å². The van der Waals surface area contributed by atoms with Gasteiger partial charge in [0.2, 0.25) is 5.88 Å². The van der Waals surface area contributed by atoms with E-state index in [1.54, 1.807) is 25.3 Å². The number of nitrogens with two attached hydrogens (primary N) is 1. The lowest BCUT2D eigenvalue weighted by Gasteiger charge is -2.04. The summed E-state index contributed by atoms with van der Waals surface area (Å²) in [5.74, 6) is 0.0628. The fourth-order valence-corrected chi connectivity index (χ4v) is 2.63. The number of carbonyl (C=O) groups is 1. The molecule has 0 spiro atoms. The lowest BCUT2D eigenvalue weighted by Crippen LogP contribution is -2.30. The molecule has 106 valence electrons. The second-order valence-corrected chi connectivity index (χ2v) is 5.39. The number of hydrogen-bond acceptors (Lipinski definition) is 6. The van der Waals surface area contributed by atoms with Crippen molar-refractivity contribution >= 4 is 34.5 Å². The Morgan fingerprint density at radius 2 is 2.24 bits per heavy atom. The summed E-state index contributed by atoms with van der Waals surface area (Å²) in [6.45, 7) is 0. The molecule has 0 unspecified atom stereocenters. The highest BCUT2D eigenvalue weighted by Gasteiger charge is 2.13. The van der Waals surface area contributed by atoms with Crippen molar-refractivity contribution < 1.29 is 14.6 Å². The molecular weight excluding hydrogens is 290 g/mol. The summed E-state index contributed by atoms with van der Waals surface area (Å²) in [5, 5.41) is 11.2. The summed E-state index contributed by atoms with van der Waals surface area (Å²) in [5.41, 5.74) is 5.88. The molecule has 1 aromatic carbocycles. The van der Waals surface area contributed by atoms with Crippen LogP contribution in [-0.2, 0) is 4.79 Å². The number of hydrogen-bond donors (Lipinski definition) is 2.